The van der Waals surface area contributed by atoms with Crippen LogP contribution in [-0.2, 0) is 19.7 Å². The fourth-order valence-electron chi connectivity index (χ4n) is 3.04. The summed E-state index contributed by atoms with van der Waals surface area (Å²) in [4.78, 5) is 11.5. The molecule has 8 heteroatoms. The first-order chi connectivity index (χ1) is 9.86. The molecule has 2 saturated heterocycles. The van der Waals surface area contributed by atoms with Crippen molar-refractivity contribution in [3.8, 4) is 0 Å². The number of rotatable bonds is 4. The molecule has 0 aromatic heterocycles. The van der Waals surface area contributed by atoms with Gasteiger partial charge < -0.3 is 10.5 Å². The normalized spacial score (nSPS) is 27.7. The van der Waals surface area contributed by atoms with E-state index in [4.69, 9.17) is 10.5 Å². The van der Waals surface area contributed by atoms with E-state index in [1.165, 1.54) is 15.7 Å². The zero-order valence-corrected chi connectivity index (χ0v) is 13.5. The van der Waals surface area contributed by atoms with Gasteiger partial charge in [-0.05, 0) is 32.1 Å². The Morgan fingerprint density at radius 3 is 2.24 bits per heavy atom. The van der Waals surface area contributed by atoms with Crippen molar-refractivity contribution < 1.29 is 17.9 Å². The van der Waals surface area contributed by atoms with E-state index < -0.39 is 10.2 Å². The van der Waals surface area contributed by atoms with Crippen LogP contribution in [0.2, 0.25) is 0 Å². The maximum atomic E-state index is 12.6. The molecular weight excluding hydrogens is 294 g/mol. The number of nitrogens with two attached hydrogens (primary N) is 1. The van der Waals surface area contributed by atoms with Gasteiger partial charge in [0.25, 0.3) is 10.2 Å². The molecule has 0 spiro atoms. The van der Waals surface area contributed by atoms with Crippen molar-refractivity contribution in [2.45, 2.75) is 32.2 Å². The Hall–Kier alpha value is -0.700. The number of hydrogen-bond donors (Lipinski definition) is 1. The molecule has 7 nitrogen and oxygen atoms in total. The lowest BCUT2D eigenvalue weighted by Gasteiger charge is -2.32. The van der Waals surface area contributed by atoms with Crippen LogP contribution in [0.15, 0.2) is 0 Å². The maximum Gasteiger partial charge on any atom is 0.308 e. The number of piperidine rings is 1. The lowest BCUT2D eigenvalue weighted by Crippen LogP contribution is -2.47. The van der Waals surface area contributed by atoms with Gasteiger partial charge in [0.1, 0.15) is 0 Å². The molecule has 21 heavy (non-hydrogen) atoms. The van der Waals surface area contributed by atoms with Crippen molar-refractivity contribution in [1.82, 2.24) is 8.61 Å². The van der Waals surface area contributed by atoms with Crippen LogP contribution >= 0.6 is 0 Å². The van der Waals surface area contributed by atoms with Crippen molar-refractivity contribution >= 4 is 16.2 Å². The summed E-state index contributed by atoms with van der Waals surface area (Å²) in [7, 11) is -2.06. The van der Waals surface area contributed by atoms with Crippen molar-refractivity contribution in [2.24, 2.45) is 17.6 Å². The third-order valence-corrected chi connectivity index (χ3v) is 6.57. The van der Waals surface area contributed by atoms with E-state index in [1.807, 2.05) is 6.92 Å². The number of esters is 1. The standard InChI is InChI=1S/C13H25N3O4S/c1-10(14)12-5-8-16(9-12)21(18,19)15-6-3-11(4-7-15)13(17)20-2/h10-12H,3-9,14H2,1-2H3. The molecule has 0 radical (unpaired) electrons. The van der Waals surface area contributed by atoms with Crippen LogP contribution in [0.3, 0.4) is 0 Å². The Bertz CT molecular complexity index is 472. The molecule has 2 N–H and O–H groups in total. The van der Waals surface area contributed by atoms with Crippen LogP contribution in [0.5, 0.6) is 0 Å². The van der Waals surface area contributed by atoms with Crippen molar-refractivity contribution in [3.63, 3.8) is 0 Å². The first kappa shape index (κ1) is 16.7. The number of carbonyl (C=O) groups is 1. The molecule has 2 rings (SSSR count). The molecule has 2 unspecified atom stereocenters. The highest BCUT2D eigenvalue weighted by atomic mass is 32.2. The van der Waals surface area contributed by atoms with E-state index in [1.54, 1.807) is 0 Å². The average Bonchev–Trinajstić information content (AvgIpc) is 2.97. The molecule has 2 aliphatic rings. The molecule has 122 valence electrons. The smallest absolute Gasteiger partial charge is 0.308 e. The Balaban J connectivity index is 1.95. The van der Waals surface area contributed by atoms with Crippen LogP contribution in [0.25, 0.3) is 0 Å². The predicted molar refractivity (Wildman–Crippen MR) is 78.6 cm³/mol. The molecule has 0 aromatic carbocycles. The molecule has 2 heterocycles. The average molecular weight is 319 g/mol. The van der Waals surface area contributed by atoms with E-state index in [0.717, 1.165) is 6.42 Å². The molecule has 2 aliphatic heterocycles. The summed E-state index contributed by atoms with van der Waals surface area (Å²) < 4.78 is 32.9. The molecule has 2 atom stereocenters. The minimum Gasteiger partial charge on any atom is -0.469 e. The van der Waals surface area contributed by atoms with Gasteiger partial charge in [0.2, 0.25) is 0 Å². The van der Waals surface area contributed by atoms with Gasteiger partial charge in [-0.1, -0.05) is 0 Å². The minimum atomic E-state index is -3.43. The number of ether oxygens (including phenoxy) is 1. The molecule has 2 fully saturated rings. The van der Waals surface area contributed by atoms with Gasteiger partial charge in [-0.3, -0.25) is 4.79 Å². The number of carbonyl (C=O) groups excluding carboxylic acids is 1. The Kier molecular flexibility index (Phi) is 5.24. The van der Waals surface area contributed by atoms with Gasteiger partial charge in [0.15, 0.2) is 0 Å². The first-order valence-corrected chi connectivity index (χ1v) is 8.84. The third-order valence-electron chi connectivity index (χ3n) is 4.57. The van der Waals surface area contributed by atoms with Gasteiger partial charge in [-0.2, -0.15) is 17.0 Å². The first-order valence-electron chi connectivity index (χ1n) is 7.45. The lowest BCUT2D eigenvalue weighted by molar-refractivity contribution is -0.146. The fourth-order valence-corrected chi connectivity index (χ4v) is 4.76. The highest BCUT2D eigenvalue weighted by Gasteiger charge is 2.39. The highest BCUT2D eigenvalue weighted by molar-refractivity contribution is 7.86. The van der Waals surface area contributed by atoms with Gasteiger partial charge in [-0.25, -0.2) is 0 Å². The zero-order valence-electron chi connectivity index (χ0n) is 12.7. The molecule has 0 aliphatic carbocycles. The maximum absolute atomic E-state index is 12.6. The van der Waals surface area contributed by atoms with E-state index in [9.17, 15) is 13.2 Å². The summed E-state index contributed by atoms with van der Waals surface area (Å²) >= 11 is 0. The van der Waals surface area contributed by atoms with Crippen LogP contribution < -0.4 is 5.73 Å². The SMILES string of the molecule is COC(=O)C1CCN(S(=O)(=O)N2CCC(C(C)N)C2)CC1. The highest BCUT2D eigenvalue weighted by Crippen LogP contribution is 2.27. The quantitative estimate of drug-likeness (QED) is 0.724. The molecule has 0 bridgehead atoms. The second-order valence-corrected chi connectivity index (χ2v) is 7.90. The Labute approximate surface area is 126 Å². The second-order valence-electron chi connectivity index (χ2n) is 5.97. The van der Waals surface area contributed by atoms with Gasteiger partial charge in [-0.15, -0.1) is 0 Å². The summed E-state index contributed by atoms with van der Waals surface area (Å²) in [6.45, 7) is 3.70. The summed E-state index contributed by atoms with van der Waals surface area (Å²) in [6.07, 6.45) is 1.86. The number of hydrogen-bond acceptors (Lipinski definition) is 5. The largest absolute Gasteiger partial charge is 0.469 e. The number of nitrogens with zero attached hydrogens (tertiary/aromatic N) is 2. The second kappa shape index (κ2) is 6.60. The van der Waals surface area contributed by atoms with E-state index in [0.29, 0.717) is 39.0 Å². The summed E-state index contributed by atoms with van der Waals surface area (Å²) in [5.74, 6) is -0.200. The zero-order chi connectivity index (χ0) is 15.6. The van der Waals surface area contributed by atoms with E-state index in [-0.39, 0.29) is 23.8 Å². The molecule has 0 amide bonds. The van der Waals surface area contributed by atoms with E-state index in [2.05, 4.69) is 0 Å². The van der Waals surface area contributed by atoms with Crippen LogP contribution in [0, 0.1) is 11.8 Å². The monoisotopic (exact) mass is 319 g/mol. The summed E-state index contributed by atoms with van der Waals surface area (Å²) in [5, 5.41) is 0. The molecule has 0 saturated carbocycles. The molecule has 0 aromatic rings. The Morgan fingerprint density at radius 1 is 1.19 bits per heavy atom. The minimum absolute atomic E-state index is 0.00950. The van der Waals surface area contributed by atoms with Crippen molar-refractivity contribution in [3.05, 3.63) is 0 Å². The molecular formula is C13H25N3O4S. The van der Waals surface area contributed by atoms with Crippen LogP contribution in [0.4, 0.5) is 0 Å². The van der Waals surface area contributed by atoms with Crippen molar-refractivity contribution in [2.75, 3.05) is 33.3 Å². The van der Waals surface area contributed by atoms with Gasteiger partial charge in [0.05, 0.1) is 13.0 Å². The van der Waals surface area contributed by atoms with Crippen LogP contribution in [0.1, 0.15) is 26.2 Å². The summed E-state index contributed by atoms with van der Waals surface area (Å²) in [6, 6.07) is 0.00950. The predicted octanol–water partition coefficient (Wildman–Crippen LogP) is -0.215. The fraction of sp³-hybridized carbons (Fsp3) is 0.923. The van der Waals surface area contributed by atoms with E-state index >= 15 is 0 Å². The summed E-state index contributed by atoms with van der Waals surface area (Å²) in [5.41, 5.74) is 5.86. The number of methoxy groups -OCH3 is 1. The topological polar surface area (TPSA) is 92.9 Å². The third kappa shape index (κ3) is 3.56. The lowest BCUT2D eigenvalue weighted by atomic mass is 9.99. The van der Waals surface area contributed by atoms with Gasteiger partial charge >= 0.3 is 5.97 Å². The van der Waals surface area contributed by atoms with Crippen LogP contribution in [-0.4, -0.2) is 62.3 Å². The Morgan fingerprint density at radius 2 is 1.76 bits per heavy atom. The van der Waals surface area contributed by atoms with Gasteiger partial charge in [0, 0.05) is 32.2 Å². The van der Waals surface area contributed by atoms with Crippen molar-refractivity contribution in [1.29, 1.82) is 0 Å².